The minimum absolute atomic E-state index is 0.302. The summed E-state index contributed by atoms with van der Waals surface area (Å²) in [5.74, 6) is 7.29. The molecule has 0 aromatic heterocycles. The van der Waals surface area contributed by atoms with Crippen LogP contribution >= 0.6 is 0 Å². The summed E-state index contributed by atoms with van der Waals surface area (Å²) in [6.07, 6.45) is 10.6. The molecule has 1 aliphatic carbocycles. The third-order valence-corrected chi connectivity index (χ3v) is 4.83. The number of hydrogen-bond donors (Lipinski definition) is 2. The van der Waals surface area contributed by atoms with Crippen LogP contribution in [0, 0.1) is 11.8 Å². The van der Waals surface area contributed by atoms with Crippen molar-refractivity contribution in [2.75, 3.05) is 6.61 Å². The second kappa shape index (κ2) is 9.73. The molecule has 0 aromatic carbocycles. The average molecular weight is 270 g/mol. The van der Waals surface area contributed by atoms with Crippen molar-refractivity contribution in [2.24, 2.45) is 17.7 Å². The summed E-state index contributed by atoms with van der Waals surface area (Å²) in [6.45, 7) is 7.44. The minimum Gasteiger partial charge on any atom is -0.377 e. The SMILES string of the molecule is CCOC(C1CCCCC1)C(CC(CC)CC)NN. The van der Waals surface area contributed by atoms with Gasteiger partial charge in [-0.3, -0.25) is 11.3 Å². The lowest BCUT2D eigenvalue weighted by Crippen LogP contribution is -2.49. The fourth-order valence-corrected chi connectivity index (χ4v) is 3.51. The largest absolute Gasteiger partial charge is 0.377 e. The van der Waals surface area contributed by atoms with E-state index in [1.807, 2.05) is 0 Å². The van der Waals surface area contributed by atoms with Gasteiger partial charge in [-0.15, -0.1) is 0 Å². The second-order valence-corrected chi connectivity index (χ2v) is 6.01. The Balaban J connectivity index is 2.63. The van der Waals surface area contributed by atoms with Gasteiger partial charge in [-0.25, -0.2) is 0 Å². The van der Waals surface area contributed by atoms with Crippen LogP contribution in [-0.4, -0.2) is 18.8 Å². The molecule has 1 fully saturated rings. The molecular formula is C16H34N2O. The molecule has 3 N–H and O–H groups in total. The lowest BCUT2D eigenvalue weighted by Gasteiger charge is -2.36. The third-order valence-electron chi connectivity index (χ3n) is 4.83. The summed E-state index contributed by atoms with van der Waals surface area (Å²) in [7, 11) is 0. The zero-order chi connectivity index (χ0) is 14.1. The molecule has 0 aromatic rings. The van der Waals surface area contributed by atoms with Gasteiger partial charge in [0.2, 0.25) is 0 Å². The minimum atomic E-state index is 0.302. The molecule has 0 amide bonds. The van der Waals surface area contributed by atoms with E-state index in [1.54, 1.807) is 0 Å². The van der Waals surface area contributed by atoms with Gasteiger partial charge in [-0.1, -0.05) is 46.0 Å². The van der Waals surface area contributed by atoms with E-state index in [0.29, 0.717) is 18.1 Å². The van der Waals surface area contributed by atoms with Crippen molar-refractivity contribution in [2.45, 2.75) is 84.3 Å². The molecular weight excluding hydrogens is 236 g/mol. The quantitative estimate of drug-likeness (QED) is 0.497. The number of hydrogen-bond acceptors (Lipinski definition) is 3. The van der Waals surface area contributed by atoms with Crippen LogP contribution < -0.4 is 11.3 Å². The molecule has 0 saturated heterocycles. The van der Waals surface area contributed by atoms with E-state index in [9.17, 15) is 0 Å². The van der Waals surface area contributed by atoms with Crippen LogP contribution in [0.1, 0.15) is 72.1 Å². The van der Waals surface area contributed by atoms with E-state index in [1.165, 1.54) is 44.9 Å². The van der Waals surface area contributed by atoms with Crippen molar-refractivity contribution >= 4 is 0 Å². The van der Waals surface area contributed by atoms with Crippen LogP contribution in [0.4, 0.5) is 0 Å². The highest BCUT2D eigenvalue weighted by molar-refractivity contribution is 4.85. The van der Waals surface area contributed by atoms with Gasteiger partial charge in [0, 0.05) is 12.6 Å². The molecule has 114 valence electrons. The topological polar surface area (TPSA) is 47.3 Å². The Morgan fingerprint density at radius 2 is 1.74 bits per heavy atom. The van der Waals surface area contributed by atoms with Crippen LogP contribution in [-0.2, 0) is 4.74 Å². The normalized spacial score (nSPS) is 20.7. The van der Waals surface area contributed by atoms with Gasteiger partial charge in [0.05, 0.1) is 6.10 Å². The number of hydrazine groups is 1. The lowest BCUT2D eigenvalue weighted by molar-refractivity contribution is -0.0230. The van der Waals surface area contributed by atoms with Crippen molar-refractivity contribution in [3.63, 3.8) is 0 Å². The van der Waals surface area contributed by atoms with E-state index in [2.05, 4.69) is 26.2 Å². The molecule has 3 heteroatoms. The molecule has 1 rings (SSSR count). The summed E-state index contributed by atoms with van der Waals surface area (Å²) in [4.78, 5) is 0. The van der Waals surface area contributed by atoms with Crippen molar-refractivity contribution in [1.29, 1.82) is 0 Å². The molecule has 1 aliphatic rings. The molecule has 0 bridgehead atoms. The summed E-state index contributed by atoms with van der Waals surface area (Å²) in [5, 5.41) is 0. The van der Waals surface area contributed by atoms with Crippen molar-refractivity contribution in [1.82, 2.24) is 5.43 Å². The fourth-order valence-electron chi connectivity index (χ4n) is 3.51. The maximum absolute atomic E-state index is 6.08. The van der Waals surface area contributed by atoms with Gasteiger partial charge < -0.3 is 4.74 Å². The van der Waals surface area contributed by atoms with E-state index in [0.717, 1.165) is 18.9 Å². The number of nitrogens with two attached hydrogens (primary N) is 1. The van der Waals surface area contributed by atoms with Crippen molar-refractivity contribution in [3.05, 3.63) is 0 Å². The molecule has 2 atom stereocenters. The molecule has 1 saturated carbocycles. The van der Waals surface area contributed by atoms with Crippen LogP contribution in [0.25, 0.3) is 0 Å². The average Bonchev–Trinajstić information content (AvgIpc) is 2.48. The van der Waals surface area contributed by atoms with Crippen molar-refractivity contribution in [3.8, 4) is 0 Å². The van der Waals surface area contributed by atoms with Gasteiger partial charge in [0.1, 0.15) is 0 Å². The Kier molecular flexibility index (Phi) is 8.67. The summed E-state index contributed by atoms with van der Waals surface area (Å²) < 4.78 is 6.08. The number of rotatable bonds is 9. The second-order valence-electron chi connectivity index (χ2n) is 6.01. The van der Waals surface area contributed by atoms with E-state index >= 15 is 0 Å². The smallest absolute Gasteiger partial charge is 0.0769 e. The van der Waals surface area contributed by atoms with Crippen LogP contribution in [0.5, 0.6) is 0 Å². The Morgan fingerprint density at radius 1 is 1.11 bits per heavy atom. The fraction of sp³-hybridized carbons (Fsp3) is 1.00. The van der Waals surface area contributed by atoms with E-state index in [4.69, 9.17) is 10.6 Å². The number of ether oxygens (including phenoxy) is 1. The first kappa shape index (κ1) is 16.9. The molecule has 0 aliphatic heterocycles. The zero-order valence-electron chi connectivity index (χ0n) is 13.2. The van der Waals surface area contributed by atoms with Crippen LogP contribution in [0.2, 0.25) is 0 Å². The van der Waals surface area contributed by atoms with Gasteiger partial charge >= 0.3 is 0 Å². The molecule has 19 heavy (non-hydrogen) atoms. The van der Waals surface area contributed by atoms with Gasteiger partial charge in [-0.2, -0.15) is 0 Å². The van der Waals surface area contributed by atoms with Gasteiger partial charge in [-0.05, 0) is 38.0 Å². The predicted octanol–water partition coefficient (Wildman–Crippen LogP) is 3.63. The first-order valence-electron chi connectivity index (χ1n) is 8.34. The Labute approximate surface area is 119 Å². The van der Waals surface area contributed by atoms with E-state index < -0.39 is 0 Å². The molecule has 2 unspecified atom stereocenters. The molecule has 0 heterocycles. The maximum atomic E-state index is 6.08. The first-order valence-corrected chi connectivity index (χ1v) is 8.34. The summed E-state index contributed by atoms with van der Waals surface area (Å²) in [6, 6.07) is 0.313. The third kappa shape index (κ3) is 5.41. The van der Waals surface area contributed by atoms with Gasteiger partial charge in [0.15, 0.2) is 0 Å². The lowest BCUT2D eigenvalue weighted by atomic mass is 9.80. The van der Waals surface area contributed by atoms with Crippen molar-refractivity contribution < 1.29 is 4.74 Å². The maximum Gasteiger partial charge on any atom is 0.0769 e. The molecule has 0 radical (unpaired) electrons. The Morgan fingerprint density at radius 3 is 2.21 bits per heavy atom. The highest BCUT2D eigenvalue weighted by Crippen LogP contribution is 2.31. The summed E-state index contributed by atoms with van der Waals surface area (Å²) >= 11 is 0. The molecule has 3 nitrogen and oxygen atoms in total. The van der Waals surface area contributed by atoms with Gasteiger partial charge in [0.25, 0.3) is 0 Å². The van der Waals surface area contributed by atoms with Crippen LogP contribution in [0.15, 0.2) is 0 Å². The first-order chi connectivity index (χ1) is 9.26. The highest BCUT2D eigenvalue weighted by Gasteiger charge is 2.31. The zero-order valence-corrected chi connectivity index (χ0v) is 13.2. The summed E-state index contributed by atoms with van der Waals surface area (Å²) in [5.41, 5.74) is 3.06. The Hall–Kier alpha value is -0.120. The number of nitrogens with one attached hydrogen (secondary N) is 1. The van der Waals surface area contributed by atoms with Crippen LogP contribution in [0.3, 0.4) is 0 Å². The predicted molar refractivity (Wildman–Crippen MR) is 81.8 cm³/mol. The highest BCUT2D eigenvalue weighted by atomic mass is 16.5. The standard InChI is InChI=1S/C16H34N2O/c1-4-13(5-2)12-15(18-17)16(19-6-3)14-10-8-7-9-11-14/h13-16,18H,4-12,17H2,1-3H3. The Bertz CT molecular complexity index is 213. The molecule has 0 spiro atoms. The monoisotopic (exact) mass is 270 g/mol. The van der Waals surface area contributed by atoms with E-state index in [-0.39, 0.29) is 0 Å².